The molecule has 156 valence electrons. The van der Waals surface area contributed by atoms with Crippen LogP contribution in [0, 0.1) is 11.3 Å². The Balaban J connectivity index is 1.56. The predicted octanol–water partition coefficient (Wildman–Crippen LogP) is 5.71. The van der Waals surface area contributed by atoms with E-state index in [1.165, 1.54) is 0 Å². The molecule has 0 atom stereocenters. The Morgan fingerprint density at radius 2 is 1.75 bits per heavy atom. The van der Waals surface area contributed by atoms with Gasteiger partial charge in [0.25, 0.3) is 5.91 Å². The third kappa shape index (κ3) is 4.94. The lowest BCUT2D eigenvalue weighted by atomic mass is 10.0. The van der Waals surface area contributed by atoms with Crippen molar-refractivity contribution < 1.29 is 9.53 Å². The Hall–Kier alpha value is -4.14. The van der Waals surface area contributed by atoms with Crippen molar-refractivity contribution in [1.82, 2.24) is 5.43 Å². The summed E-state index contributed by atoms with van der Waals surface area (Å²) < 4.78 is 6.06. The average Bonchev–Trinajstić information content (AvgIpc) is 2.84. The Kier molecular flexibility index (Phi) is 6.45. The number of ether oxygens (including phenoxy) is 1. The molecule has 5 nitrogen and oxygen atoms in total. The second kappa shape index (κ2) is 9.78. The maximum absolute atomic E-state index is 12.4. The molecule has 0 saturated carbocycles. The molecule has 0 aliphatic rings. The number of nitrogens with one attached hydrogen (secondary N) is 1. The normalized spacial score (nSPS) is 10.8. The van der Waals surface area contributed by atoms with Gasteiger partial charge in [-0.1, -0.05) is 54.1 Å². The van der Waals surface area contributed by atoms with Crippen molar-refractivity contribution in [2.75, 3.05) is 0 Å². The molecule has 0 bridgehead atoms. The Labute approximate surface area is 190 Å². The molecule has 0 spiro atoms. The van der Waals surface area contributed by atoms with Crippen LogP contribution >= 0.6 is 11.6 Å². The minimum atomic E-state index is -0.366. The molecule has 0 aliphatic heterocycles. The lowest BCUT2D eigenvalue weighted by Crippen LogP contribution is -2.17. The Morgan fingerprint density at radius 1 is 1.00 bits per heavy atom. The maximum Gasteiger partial charge on any atom is 0.271 e. The summed E-state index contributed by atoms with van der Waals surface area (Å²) in [4.78, 5) is 12.4. The zero-order valence-corrected chi connectivity index (χ0v) is 17.7. The van der Waals surface area contributed by atoms with Gasteiger partial charge in [-0.15, -0.1) is 0 Å². The van der Waals surface area contributed by atoms with Crippen LogP contribution in [0.3, 0.4) is 0 Å². The minimum absolute atomic E-state index is 0.366. The van der Waals surface area contributed by atoms with E-state index in [0.717, 1.165) is 21.9 Å². The predicted molar refractivity (Wildman–Crippen MR) is 126 cm³/mol. The van der Waals surface area contributed by atoms with Gasteiger partial charge in [-0.25, -0.2) is 5.43 Å². The number of carbonyl (C=O) groups excluding carboxylic acids is 1. The molecule has 4 rings (SSSR count). The van der Waals surface area contributed by atoms with Crippen molar-refractivity contribution in [3.05, 3.63) is 112 Å². The van der Waals surface area contributed by atoms with Gasteiger partial charge in [0.15, 0.2) is 0 Å². The van der Waals surface area contributed by atoms with E-state index in [2.05, 4.69) is 10.5 Å². The zero-order chi connectivity index (χ0) is 22.3. The number of hydrogen-bond acceptors (Lipinski definition) is 4. The third-order valence-corrected chi connectivity index (χ3v) is 5.13. The molecule has 0 saturated heterocycles. The quantitative estimate of drug-likeness (QED) is 0.309. The third-order valence-electron chi connectivity index (χ3n) is 4.87. The molecule has 6 heteroatoms. The van der Waals surface area contributed by atoms with Crippen molar-refractivity contribution in [3.8, 4) is 11.8 Å². The number of nitriles is 1. The van der Waals surface area contributed by atoms with E-state index in [9.17, 15) is 4.79 Å². The number of hydrogen-bond donors (Lipinski definition) is 1. The van der Waals surface area contributed by atoms with E-state index in [1.807, 2.05) is 66.7 Å². The van der Waals surface area contributed by atoms with Crippen LogP contribution in [0.4, 0.5) is 0 Å². The first kappa shape index (κ1) is 21.1. The highest BCUT2D eigenvalue weighted by molar-refractivity contribution is 6.30. The molecule has 0 unspecified atom stereocenters. The van der Waals surface area contributed by atoms with Crippen molar-refractivity contribution >= 4 is 34.5 Å². The molecule has 1 amide bonds. The van der Waals surface area contributed by atoms with E-state index in [0.29, 0.717) is 28.5 Å². The highest BCUT2D eigenvalue weighted by atomic mass is 35.5. The van der Waals surface area contributed by atoms with Gasteiger partial charge >= 0.3 is 0 Å². The molecule has 0 radical (unpaired) electrons. The van der Waals surface area contributed by atoms with Crippen LogP contribution in [0.1, 0.15) is 27.0 Å². The number of benzene rings is 4. The highest BCUT2D eigenvalue weighted by Gasteiger charge is 2.09. The monoisotopic (exact) mass is 439 g/mol. The van der Waals surface area contributed by atoms with Crippen molar-refractivity contribution in [2.45, 2.75) is 6.61 Å². The molecule has 1 N–H and O–H groups in total. The van der Waals surface area contributed by atoms with E-state index in [-0.39, 0.29) is 5.91 Å². The van der Waals surface area contributed by atoms with Gasteiger partial charge in [0.1, 0.15) is 12.4 Å². The fourth-order valence-corrected chi connectivity index (χ4v) is 3.32. The van der Waals surface area contributed by atoms with Crippen LogP contribution in [0.25, 0.3) is 10.8 Å². The lowest BCUT2D eigenvalue weighted by Gasteiger charge is -2.12. The van der Waals surface area contributed by atoms with Gasteiger partial charge in [0.2, 0.25) is 0 Å². The summed E-state index contributed by atoms with van der Waals surface area (Å²) in [6.45, 7) is 0.369. The lowest BCUT2D eigenvalue weighted by molar-refractivity contribution is 0.0955. The van der Waals surface area contributed by atoms with Gasteiger partial charge in [0.05, 0.1) is 17.8 Å². The Bertz CT molecular complexity index is 1320. The largest absolute Gasteiger partial charge is 0.488 e. The summed E-state index contributed by atoms with van der Waals surface area (Å²) in [6.07, 6.45) is 1.58. The molecule has 32 heavy (non-hydrogen) atoms. The molecule has 0 fully saturated rings. The molecule has 0 aliphatic carbocycles. The van der Waals surface area contributed by atoms with E-state index < -0.39 is 0 Å². The second-order valence-electron chi connectivity index (χ2n) is 7.00. The van der Waals surface area contributed by atoms with Crippen molar-refractivity contribution in [1.29, 1.82) is 5.26 Å². The summed E-state index contributed by atoms with van der Waals surface area (Å²) in [7, 11) is 0. The fourth-order valence-electron chi connectivity index (χ4n) is 3.19. The Morgan fingerprint density at radius 3 is 2.50 bits per heavy atom. The molecule has 4 aromatic carbocycles. The van der Waals surface area contributed by atoms with Crippen LogP contribution in [-0.4, -0.2) is 12.1 Å². The van der Waals surface area contributed by atoms with Crippen molar-refractivity contribution in [3.63, 3.8) is 0 Å². The number of nitrogens with zero attached hydrogens (tertiary/aromatic N) is 2. The van der Waals surface area contributed by atoms with Gasteiger partial charge in [-0.05, 0) is 58.8 Å². The maximum atomic E-state index is 12.4. The summed E-state index contributed by atoms with van der Waals surface area (Å²) >= 11 is 5.95. The highest BCUT2D eigenvalue weighted by Crippen LogP contribution is 2.27. The number of halogens is 1. The summed E-state index contributed by atoms with van der Waals surface area (Å²) in [5, 5.41) is 15.7. The molecule has 0 aromatic heterocycles. The van der Waals surface area contributed by atoms with Gasteiger partial charge in [-0.2, -0.15) is 10.4 Å². The number of fused-ring (bicyclic) bond motifs is 1. The van der Waals surface area contributed by atoms with E-state index in [4.69, 9.17) is 21.6 Å². The van der Waals surface area contributed by atoms with Crippen molar-refractivity contribution in [2.24, 2.45) is 5.10 Å². The van der Waals surface area contributed by atoms with Gasteiger partial charge in [-0.3, -0.25) is 4.79 Å². The summed E-state index contributed by atoms with van der Waals surface area (Å²) in [5.74, 6) is 0.282. The SMILES string of the molecule is N#Cc1ccc(C(=O)NN=Cc2c(OCc3ccc(Cl)cc3)ccc3ccccc23)cc1. The average molecular weight is 440 g/mol. The molecule has 4 aromatic rings. The van der Waals surface area contributed by atoms with E-state index in [1.54, 1.807) is 30.5 Å². The van der Waals surface area contributed by atoms with Crippen LogP contribution in [0.2, 0.25) is 5.02 Å². The number of amides is 1. The number of rotatable bonds is 6. The first-order valence-corrected chi connectivity index (χ1v) is 10.2. The second-order valence-corrected chi connectivity index (χ2v) is 7.44. The zero-order valence-electron chi connectivity index (χ0n) is 17.0. The van der Waals surface area contributed by atoms with Crippen LogP contribution in [-0.2, 0) is 6.61 Å². The van der Waals surface area contributed by atoms with Crippen LogP contribution in [0.15, 0.2) is 90.0 Å². The number of carbonyl (C=O) groups is 1. The molecule has 0 heterocycles. The smallest absolute Gasteiger partial charge is 0.271 e. The summed E-state index contributed by atoms with van der Waals surface area (Å²) in [6, 6.07) is 27.6. The minimum Gasteiger partial charge on any atom is -0.488 e. The summed E-state index contributed by atoms with van der Waals surface area (Å²) in [5.41, 5.74) is 5.19. The topological polar surface area (TPSA) is 74.5 Å². The first-order chi connectivity index (χ1) is 15.6. The standard InChI is InChI=1S/C26H18ClN3O2/c27-22-12-7-19(8-13-22)17-32-25-14-11-20-3-1-2-4-23(20)24(25)16-29-30-26(31)21-9-5-18(15-28)6-10-21/h1-14,16H,17H2,(H,30,31). The van der Waals surface area contributed by atoms with Crippen LogP contribution < -0.4 is 10.2 Å². The van der Waals surface area contributed by atoms with Crippen LogP contribution in [0.5, 0.6) is 5.75 Å². The molecular weight excluding hydrogens is 422 g/mol. The van der Waals surface area contributed by atoms with Gasteiger partial charge in [0, 0.05) is 16.1 Å². The molecular formula is C26H18ClN3O2. The fraction of sp³-hybridized carbons (Fsp3) is 0.0385. The first-order valence-electron chi connectivity index (χ1n) is 9.86. The van der Waals surface area contributed by atoms with Gasteiger partial charge < -0.3 is 4.74 Å². The van der Waals surface area contributed by atoms with E-state index >= 15 is 0 Å². The number of hydrazone groups is 1.